The number of hydrogen-bond donors (Lipinski definition) is 2. The van der Waals surface area contributed by atoms with E-state index in [-0.39, 0.29) is 23.8 Å². The molecule has 6 nitrogen and oxygen atoms in total. The molecule has 2 fully saturated rings. The second-order valence-corrected chi connectivity index (χ2v) is 8.60. The highest BCUT2D eigenvalue weighted by Gasteiger charge is 2.70. The summed E-state index contributed by atoms with van der Waals surface area (Å²) in [5, 5.41) is 6.41. The van der Waals surface area contributed by atoms with Gasteiger partial charge in [-0.3, -0.25) is 19.7 Å². The number of para-hydroxylation sites is 2. The highest BCUT2D eigenvalue weighted by atomic mass is 16.2. The van der Waals surface area contributed by atoms with Crippen LogP contribution in [0.3, 0.4) is 0 Å². The molecule has 0 bridgehead atoms. The summed E-state index contributed by atoms with van der Waals surface area (Å²) in [5.74, 6) is -2.32. The van der Waals surface area contributed by atoms with E-state index in [9.17, 15) is 14.4 Å². The zero-order valence-corrected chi connectivity index (χ0v) is 17.2. The molecular formula is C26H21N3O3. The fourth-order valence-electron chi connectivity index (χ4n) is 5.63. The predicted octanol–water partition coefficient (Wildman–Crippen LogP) is 2.85. The van der Waals surface area contributed by atoms with Crippen molar-refractivity contribution >= 4 is 29.1 Å². The number of carbonyl (C=O) groups excluding carboxylic acids is 3. The van der Waals surface area contributed by atoms with Gasteiger partial charge in [0.15, 0.2) is 0 Å². The summed E-state index contributed by atoms with van der Waals surface area (Å²) in [6.07, 6.45) is 0.543. The molecule has 6 rings (SSSR count). The third kappa shape index (κ3) is 2.47. The van der Waals surface area contributed by atoms with Gasteiger partial charge in [-0.1, -0.05) is 66.7 Å². The van der Waals surface area contributed by atoms with Gasteiger partial charge in [-0.15, -0.1) is 0 Å². The van der Waals surface area contributed by atoms with Crippen molar-refractivity contribution in [3.05, 3.63) is 96.1 Å². The van der Waals surface area contributed by atoms with Gasteiger partial charge >= 0.3 is 0 Å². The minimum absolute atomic E-state index is 0.256. The normalized spacial score (nSPS) is 28.2. The first kappa shape index (κ1) is 19.0. The molecule has 3 amide bonds. The summed E-state index contributed by atoms with van der Waals surface area (Å²) in [6, 6.07) is 25.9. The second-order valence-electron chi connectivity index (χ2n) is 8.60. The van der Waals surface area contributed by atoms with Crippen molar-refractivity contribution in [1.82, 2.24) is 5.32 Å². The van der Waals surface area contributed by atoms with Crippen LogP contribution in [-0.2, 0) is 26.3 Å². The first-order valence-electron chi connectivity index (χ1n) is 10.8. The van der Waals surface area contributed by atoms with Crippen molar-refractivity contribution in [2.75, 3.05) is 10.2 Å². The Labute approximate surface area is 185 Å². The fourth-order valence-corrected chi connectivity index (χ4v) is 5.63. The Kier molecular flexibility index (Phi) is 4.07. The number of nitrogens with zero attached hydrogens (tertiary/aromatic N) is 1. The largest absolute Gasteiger partial charge is 0.324 e. The molecule has 0 saturated carbocycles. The van der Waals surface area contributed by atoms with Crippen LogP contribution >= 0.6 is 0 Å². The number of imide groups is 1. The Morgan fingerprint density at radius 3 is 2.19 bits per heavy atom. The minimum Gasteiger partial charge on any atom is -0.324 e. The minimum atomic E-state index is -1.27. The number of hydrogen-bond acceptors (Lipinski definition) is 4. The molecule has 0 aromatic heterocycles. The molecule has 0 radical (unpaired) electrons. The summed E-state index contributed by atoms with van der Waals surface area (Å²) in [4.78, 5) is 42.2. The Balaban J connectivity index is 1.50. The quantitative estimate of drug-likeness (QED) is 0.635. The lowest BCUT2D eigenvalue weighted by Gasteiger charge is -2.29. The van der Waals surface area contributed by atoms with Gasteiger partial charge in [0.25, 0.3) is 0 Å². The Bertz CT molecular complexity index is 1240. The summed E-state index contributed by atoms with van der Waals surface area (Å²) >= 11 is 0. The van der Waals surface area contributed by atoms with Gasteiger partial charge in [0, 0.05) is 17.3 Å². The molecular weight excluding hydrogens is 402 g/mol. The third-order valence-electron chi connectivity index (χ3n) is 6.94. The Morgan fingerprint density at radius 1 is 0.781 bits per heavy atom. The zero-order chi connectivity index (χ0) is 21.9. The summed E-state index contributed by atoms with van der Waals surface area (Å²) < 4.78 is 0. The van der Waals surface area contributed by atoms with Gasteiger partial charge in [-0.05, 0) is 30.2 Å². The van der Waals surface area contributed by atoms with Crippen LogP contribution in [0.4, 0.5) is 11.4 Å². The number of benzene rings is 3. The summed E-state index contributed by atoms with van der Waals surface area (Å²) in [6.45, 7) is 0. The standard InChI is InChI=1S/C26H21N3O3/c30-23-21-20(15-16-9-3-1-4-10-16)28-26(18-13-7-8-14-19(18)27-25(26)32)22(21)24(31)29(23)17-11-5-2-6-12-17/h1-14,20-22,28H,15H2,(H,27,32)/t20-,21+,22+,26+/m1/s1. The molecule has 32 heavy (non-hydrogen) atoms. The highest BCUT2D eigenvalue weighted by molar-refractivity contribution is 6.25. The van der Waals surface area contributed by atoms with Crippen molar-refractivity contribution in [3.63, 3.8) is 0 Å². The number of fused-ring (bicyclic) bond motifs is 4. The number of rotatable bonds is 3. The van der Waals surface area contributed by atoms with E-state index in [1.165, 1.54) is 4.90 Å². The van der Waals surface area contributed by atoms with E-state index in [2.05, 4.69) is 10.6 Å². The summed E-state index contributed by atoms with van der Waals surface area (Å²) in [5.41, 5.74) is 1.73. The van der Waals surface area contributed by atoms with Crippen LogP contribution in [0.25, 0.3) is 0 Å². The summed E-state index contributed by atoms with van der Waals surface area (Å²) in [7, 11) is 0. The van der Waals surface area contributed by atoms with Crippen molar-refractivity contribution < 1.29 is 14.4 Å². The lowest BCUT2D eigenvalue weighted by molar-refractivity contribution is -0.130. The topological polar surface area (TPSA) is 78.5 Å². The second kappa shape index (κ2) is 6.87. The molecule has 0 aliphatic carbocycles. The number of carbonyl (C=O) groups is 3. The van der Waals surface area contributed by atoms with Gasteiger partial charge in [-0.25, -0.2) is 4.90 Å². The first-order valence-corrected chi connectivity index (χ1v) is 10.8. The van der Waals surface area contributed by atoms with Gasteiger partial charge in [0.2, 0.25) is 17.7 Å². The maximum atomic E-state index is 13.8. The molecule has 3 aromatic rings. The van der Waals surface area contributed by atoms with Crippen molar-refractivity contribution in [2.45, 2.75) is 18.0 Å². The van der Waals surface area contributed by atoms with Crippen LogP contribution in [0.15, 0.2) is 84.9 Å². The van der Waals surface area contributed by atoms with Gasteiger partial charge in [-0.2, -0.15) is 0 Å². The number of nitrogens with one attached hydrogen (secondary N) is 2. The molecule has 158 valence electrons. The number of amides is 3. The molecule has 6 heteroatoms. The Morgan fingerprint density at radius 2 is 1.44 bits per heavy atom. The average Bonchev–Trinajstić information content (AvgIpc) is 3.39. The smallest absolute Gasteiger partial charge is 0.250 e. The SMILES string of the molecule is O=C1[C@@H]2[C@@H](C(=O)N1c1ccccc1)[C@]1(N[C@@H]2Cc2ccccc2)C(=O)Nc2ccccc21. The maximum absolute atomic E-state index is 13.8. The van der Waals surface area contributed by atoms with Gasteiger partial charge in [0.05, 0.1) is 17.5 Å². The van der Waals surface area contributed by atoms with E-state index in [0.717, 1.165) is 11.1 Å². The molecule has 2 saturated heterocycles. The van der Waals surface area contributed by atoms with Crippen LogP contribution in [-0.4, -0.2) is 23.8 Å². The van der Waals surface area contributed by atoms with E-state index >= 15 is 0 Å². The fraction of sp³-hybridized carbons (Fsp3) is 0.192. The first-order chi connectivity index (χ1) is 15.6. The monoisotopic (exact) mass is 423 g/mol. The molecule has 3 aliphatic heterocycles. The average molecular weight is 423 g/mol. The molecule has 3 aromatic carbocycles. The van der Waals surface area contributed by atoms with E-state index < -0.39 is 17.4 Å². The lowest BCUT2D eigenvalue weighted by atomic mass is 9.76. The van der Waals surface area contributed by atoms with Crippen LogP contribution in [0.5, 0.6) is 0 Å². The van der Waals surface area contributed by atoms with Gasteiger partial charge in [0.1, 0.15) is 5.54 Å². The van der Waals surface area contributed by atoms with E-state index in [0.29, 0.717) is 17.8 Å². The third-order valence-corrected chi connectivity index (χ3v) is 6.94. The van der Waals surface area contributed by atoms with Crippen molar-refractivity contribution in [2.24, 2.45) is 11.8 Å². The molecule has 2 N–H and O–H groups in total. The van der Waals surface area contributed by atoms with Crippen LogP contribution < -0.4 is 15.5 Å². The van der Waals surface area contributed by atoms with Crippen molar-refractivity contribution in [1.29, 1.82) is 0 Å². The Hall–Kier alpha value is -3.77. The van der Waals surface area contributed by atoms with E-state index in [1.54, 1.807) is 24.3 Å². The van der Waals surface area contributed by atoms with Crippen LogP contribution in [0.2, 0.25) is 0 Å². The van der Waals surface area contributed by atoms with Crippen LogP contribution in [0, 0.1) is 11.8 Å². The molecule has 3 heterocycles. The lowest BCUT2D eigenvalue weighted by Crippen LogP contribution is -2.53. The molecule has 0 unspecified atom stereocenters. The maximum Gasteiger partial charge on any atom is 0.250 e. The molecule has 3 aliphatic rings. The van der Waals surface area contributed by atoms with Crippen LogP contribution in [0.1, 0.15) is 11.1 Å². The zero-order valence-electron chi connectivity index (χ0n) is 17.2. The van der Waals surface area contributed by atoms with E-state index in [1.807, 2.05) is 60.7 Å². The predicted molar refractivity (Wildman–Crippen MR) is 120 cm³/mol. The highest BCUT2D eigenvalue weighted by Crippen LogP contribution is 2.53. The number of anilines is 2. The molecule has 1 spiro atoms. The van der Waals surface area contributed by atoms with Crippen molar-refractivity contribution in [3.8, 4) is 0 Å². The van der Waals surface area contributed by atoms with E-state index in [4.69, 9.17) is 0 Å². The molecule has 4 atom stereocenters. The van der Waals surface area contributed by atoms with Gasteiger partial charge < -0.3 is 5.32 Å².